The van der Waals surface area contributed by atoms with E-state index in [1.807, 2.05) is 45.0 Å². The fourth-order valence-corrected chi connectivity index (χ4v) is 3.41. The van der Waals surface area contributed by atoms with Gasteiger partial charge in [0.15, 0.2) is 0 Å². The van der Waals surface area contributed by atoms with Gasteiger partial charge in [0, 0.05) is 18.2 Å². The largest absolute Gasteiger partial charge is 0.466 e. The van der Waals surface area contributed by atoms with Gasteiger partial charge in [0.1, 0.15) is 11.5 Å². The van der Waals surface area contributed by atoms with E-state index in [0.29, 0.717) is 6.61 Å². The average Bonchev–Trinajstić information content (AvgIpc) is 2.94. The maximum Gasteiger partial charge on any atom is 0.315 e. The van der Waals surface area contributed by atoms with Crippen LogP contribution in [0.1, 0.15) is 54.6 Å². The fourth-order valence-electron chi connectivity index (χ4n) is 3.41. The van der Waals surface area contributed by atoms with E-state index in [1.54, 1.807) is 0 Å². The van der Waals surface area contributed by atoms with E-state index in [-0.39, 0.29) is 24.2 Å². The van der Waals surface area contributed by atoms with E-state index in [0.717, 1.165) is 35.5 Å². The van der Waals surface area contributed by atoms with Crippen molar-refractivity contribution in [1.29, 1.82) is 0 Å². The van der Waals surface area contributed by atoms with Crippen LogP contribution in [0.3, 0.4) is 0 Å². The van der Waals surface area contributed by atoms with Crippen LogP contribution in [0.15, 0.2) is 40.8 Å². The molecule has 134 valence electrons. The number of ether oxygens (including phenoxy) is 1. The second-order valence-corrected chi connectivity index (χ2v) is 6.70. The molecule has 5 heteroatoms. The molecule has 5 nitrogen and oxygen atoms in total. The molecular formula is C20H26N2O3. The van der Waals surface area contributed by atoms with Gasteiger partial charge in [-0.3, -0.25) is 0 Å². The Morgan fingerprint density at radius 1 is 1.24 bits per heavy atom. The number of nitrogens with one attached hydrogen (secondary N) is 2. The van der Waals surface area contributed by atoms with Crippen molar-refractivity contribution in [2.45, 2.75) is 51.8 Å². The van der Waals surface area contributed by atoms with Crippen LogP contribution >= 0.6 is 0 Å². The number of carbonyl (C=O) groups excluding carboxylic acids is 1. The third-order valence-corrected chi connectivity index (χ3v) is 4.68. The Hall–Kier alpha value is -2.27. The van der Waals surface area contributed by atoms with Crippen molar-refractivity contribution in [3.8, 4) is 0 Å². The first-order valence-electron chi connectivity index (χ1n) is 8.83. The second kappa shape index (κ2) is 7.74. The molecule has 1 aromatic carbocycles. The van der Waals surface area contributed by atoms with E-state index in [2.05, 4.69) is 22.8 Å². The molecule has 1 aliphatic heterocycles. The minimum absolute atomic E-state index is 0.0384. The molecule has 0 unspecified atom stereocenters. The second-order valence-electron chi connectivity index (χ2n) is 6.70. The van der Waals surface area contributed by atoms with Crippen molar-refractivity contribution in [2.75, 3.05) is 6.61 Å². The standard InChI is InChI=1S/C20H26N2O3/c1-13-11-18(15(3)25-13)14(2)21-20(23)22-17-9-10-24-19(12-17)16-7-5-4-6-8-16/h4-8,11,14,17,19H,9-10,12H2,1-3H3,(H2,21,22,23)/t14-,17+,19-/m0/s1. The molecule has 0 spiro atoms. The van der Waals surface area contributed by atoms with Crippen molar-refractivity contribution in [2.24, 2.45) is 0 Å². The molecule has 2 aromatic rings. The molecule has 2 heterocycles. The molecule has 0 radical (unpaired) electrons. The van der Waals surface area contributed by atoms with Crippen molar-refractivity contribution >= 4 is 6.03 Å². The smallest absolute Gasteiger partial charge is 0.315 e. The van der Waals surface area contributed by atoms with Gasteiger partial charge in [0.2, 0.25) is 0 Å². The summed E-state index contributed by atoms with van der Waals surface area (Å²) in [5.41, 5.74) is 2.18. The topological polar surface area (TPSA) is 63.5 Å². The van der Waals surface area contributed by atoms with Crippen molar-refractivity contribution in [3.63, 3.8) is 0 Å². The fraction of sp³-hybridized carbons (Fsp3) is 0.450. The summed E-state index contributed by atoms with van der Waals surface area (Å²) in [6.07, 6.45) is 1.65. The third kappa shape index (κ3) is 4.42. The molecule has 2 amide bonds. The lowest BCUT2D eigenvalue weighted by Gasteiger charge is -2.30. The zero-order chi connectivity index (χ0) is 17.8. The van der Waals surface area contributed by atoms with Crippen LogP contribution in [-0.2, 0) is 4.74 Å². The predicted molar refractivity (Wildman–Crippen MR) is 96.4 cm³/mol. The van der Waals surface area contributed by atoms with Gasteiger partial charge >= 0.3 is 6.03 Å². The highest BCUT2D eigenvalue weighted by Gasteiger charge is 2.25. The molecule has 25 heavy (non-hydrogen) atoms. The monoisotopic (exact) mass is 342 g/mol. The maximum atomic E-state index is 12.4. The number of urea groups is 1. The maximum absolute atomic E-state index is 12.4. The van der Waals surface area contributed by atoms with Crippen LogP contribution in [0.5, 0.6) is 0 Å². The van der Waals surface area contributed by atoms with Gasteiger partial charge in [-0.2, -0.15) is 0 Å². The molecular weight excluding hydrogens is 316 g/mol. The molecule has 0 bridgehead atoms. The number of rotatable bonds is 4. The van der Waals surface area contributed by atoms with Crippen molar-refractivity contribution in [1.82, 2.24) is 10.6 Å². The van der Waals surface area contributed by atoms with Crippen molar-refractivity contribution in [3.05, 3.63) is 59.0 Å². The quantitative estimate of drug-likeness (QED) is 0.876. The SMILES string of the molecule is Cc1cc([C@H](C)NC(=O)N[C@@H]2CCO[C@H](c3ccccc3)C2)c(C)o1. The third-order valence-electron chi connectivity index (χ3n) is 4.68. The number of hydrogen-bond donors (Lipinski definition) is 2. The van der Waals surface area contributed by atoms with E-state index >= 15 is 0 Å². The highest BCUT2D eigenvalue weighted by molar-refractivity contribution is 5.74. The summed E-state index contributed by atoms with van der Waals surface area (Å²) in [6, 6.07) is 12.0. The summed E-state index contributed by atoms with van der Waals surface area (Å²) in [5.74, 6) is 1.71. The van der Waals surface area contributed by atoms with Crippen LogP contribution in [0, 0.1) is 13.8 Å². The first kappa shape index (κ1) is 17.5. The lowest BCUT2D eigenvalue weighted by Crippen LogP contribution is -2.45. The summed E-state index contributed by atoms with van der Waals surface area (Å²) < 4.78 is 11.4. The van der Waals surface area contributed by atoms with Gasteiger partial charge in [0.05, 0.1) is 12.1 Å². The van der Waals surface area contributed by atoms with Gasteiger partial charge in [-0.05, 0) is 45.2 Å². The molecule has 1 aliphatic rings. The number of aryl methyl sites for hydroxylation is 2. The Balaban J connectivity index is 1.54. The number of amides is 2. The summed E-state index contributed by atoms with van der Waals surface area (Å²) in [7, 11) is 0. The van der Waals surface area contributed by atoms with Crippen molar-refractivity contribution < 1.29 is 13.9 Å². The number of benzene rings is 1. The van der Waals surface area contributed by atoms with Gasteiger partial charge < -0.3 is 19.8 Å². The van der Waals surface area contributed by atoms with Crippen LogP contribution in [0.2, 0.25) is 0 Å². The molecule has 0 aliphatic carbocycles. The lowest BCUT2D eigenvalue weighted by atomic mass is 9.97. The van der Waals surface area contributed by atoms with E-state index < -0.39 is 0 Å². The number of furan rings is 1. The summed E-state index contributed by atoms with van der Waals surface area (Å²) >= 11 is 0. The molecule has 1 fully saturated rings. The Morgan fingerprint density at radius 2 is 2.00 bits per heavy atom. The van der Waals surface area contributed by atoms with Crippen LogP contribution in [0.4, 0.5) is 4.79 Å². The minimum atomic E-state index is -0.149. The van der Waals surface area contributed by atoms with Gasteiger partial charge in [0.25, 0.3) is 0 Å². The first-order chi connectivity index (χ1) is 12.0. The van der Waals surface area contributed by atoms with Crippen LogP contribution < -0.4 is 10.6 Å². The summed E-state index contributed by atoms with van der Waals surface area (Å²) in [6.45, 7) is 6.45. The average molecular weight is 342 g/mol. The lowest BCUT2D eigenvalue weighted by molar-refractivity contribution is 0.00222. The van der Waals surface area contributed by atoms with Crippen LogP contribution in [0.25, 0.3) is 0 Å². The van der Waals surface area contributed by atoms with E-state index in [1.165, 1.54) is 0 Å². The number of hydrogen-bond acceptors (Lipinski definition) is 3. The Morgan fingerprint density at radius 3 is 2.68 bits per heavy atom. The zero-order valence-electron chi connectivity index (χ0n) is 15.0. The minimum Gasteiger partial charge on any atom is -0.466 e. The molecule has 1 saturated heterocycles. The Bertz CT molecular complexity index is 711. The molecule has 3 atom stereocenters. The van der Waals surface area contributed by atoms with Gasteiger partial charge in [-0.15, -0.1) is 0 Å². The summed E-state index contributed by atoms with van der Waals surface area (Å²) in [4.78, 5) is 12.4. The highest BCUT2D eigenvalue weighted by Crippen LogP contribution is 2.28. The summed E-state index contributed by atoms with van der Waals surface area (Å²) in [5, 5.41) is 6.09. The number of carbonyl (C=O) groups is 1. The predicted octanol–water partition coefficient (Wildman–Crippen LogP) is 4.18. The molecule has 2 N–H and O–H groups in total. The molecule has 1 aromatic heterocycles. The van der Waals surface area contributed by atoms with E-state index in [9.17, 15) is 4.79 Å². The Kier molecular flexibility index (Phi) is 5.43. The molecule has 0 saturated carbocycles. The van der Waals surface area contributed by atoms with Gasteiger partial charge in [-0.1, -0.05) is 30.3 Å². The first-order valence-corrected chi connectivity index (χ1v) is 8.83. The highest BCUT2D eigenvalue weighted by atomic mass is 16.5. The normalized spacial score (nSPS) is 21.6. The Labute approximate surface area is 148 Å². The van der Waals surface area contributed by atoms with E-state index in [4.69, 9.17) is 9.15 Å². The molecule has 3 rings (SSSR count). The van der Waals surface area contributed by atoms with Gasteiger partial charge in [-0.25, -0.2) is 4.79 Å². The zero-order valence-corrected chi connectivity index (χ0v) is 15.0. The van der Waals surface area contributed by atoms with Crippen LogP contribution in [-0.4, -0.2) is 18.7 Å².